The van der Waals surface area contributed by atoms with E-state index in [-0.39, 0.29) is 32.0 Å². The minimum absolute atomic E-state index is 0.137. The summed E-state index contributed by atoms with van der Waals surface area (Å²) in [6.07, 6.45) is 1.32. The molecule has 7 nitrogen and oxygen atoms in total. The van der Waals surface area contributed by atoms with Gasteiger partial charge in [-0.3, -0.25) is 4.99 Å². The van der Waals surface area contributed by atoms with Gasteiger partial charge in [0.25, 0.3) is 0 Å². The van der Waals surface area contributed by atoms with E-state index in [4.69, 9.17) is 0 Å². The average Bonchev–Trinajstić information content (AvgIpc) is 2.68. The number of hydrogen-bond donors (Lipinski definition) is 2. The van der Waals surface area contributed by atoms with Gasteiger partial charge in [-0.2, -0.15) is 17.5 Å². The van der Waals surface area contributed by atoms with Crippen LogP contribution in [0.3, 0.4) is 0 Å². The number of aliphatic imine (C=N–C) groups is 1. The van der Waals surface area contributed by atoms with E-state index in [1.165, 1.54) is 0 Å². The Morgan fingerprint density at radius 3 is 2.30 bits per heavy atom. The summed E-state index contributed by atoms with van der Waals surface area (Å²) in [6.45, 7) is 2.78. The minimum Gasteiger partial charge on any atom is -0.378 e. The molecule has 0 atom stereocenters. The van der Waals surface area contributed by atoms with Gasteiger partial charge in [0.1, 0.15) is 0 Å². The lowest BCUT2D eigenvalue weighted by molar-refractivity contribution is -0.0494. The molecule has 0 saturated carbocycles. The van der Waals surface area contributed by atoms with Gasteiger partial charge in [0, 0.05) is 52.0 Å². The van der Waals surface area contributed by atoms with Crippen LogP contribution in [0.25, 0.3) is 0 Å². The smallest absolute Gasteiger partial charge is 0.378 e. The van der Waals surface area contributed by atoms with Gasteiger partial charge in [0.05, 0.1) is 0 Å². The maximum absolute atomic E-state index is 12.7. The highest BCUT2D eigenvalue weighted by atomic mass is 32.2. The molecule has 1 aromatic rings. The van der Waals surface area contributed by atoms with E-state index in [2.05, 4.69) is 27.8 Å². The van der Waals surface area contributed by atoms with Crippen LogP contribution >= 0.6 is 0 Å². The van der Waals surface area contributed by atoms with Gasteiger partial charge in [-0.1, -0.05) is 12.1 Å². The number of hydrogen-bond acceptors (Lipinski definition) is 4. The number of rotatable bonds is 7. The number of nitrogens with zero attached hydrogens (tertiary/aromatic N) is 3. The fourth-order valence-corrected chi connectivity index (χ4v) is 4.14. The van der Waals surface area contributed by atoms with Crippen LogP contribution in [0.4, 0.5) is 18.9 Å². The van der Waals surface area contributed by atoms with E-state index in [1.54, 1.807) is 0 Å². The number of nitrogens with one attached hydrogen (secondary N) is 2. The zero-order valence-corrected chi connectivity index (χ0v) is 18.4. The molecule has 1 aliphatic heterocycles. The average molecular weight is 450 g/mol. The van der Waals surface area contributed by atoms with Crippen molar-refractivity contribution >= 4 is 21.7 Å². The van der Waals surface area contributed by atoms with Gasteiger partial charge in [-0.15, -0.1) is 0 Å². The fourth-order valence-electron chi connectivity index (χ4n) is 3.16. The van der Waals surface area contributed by atoms with E-state index < -0.39 is 15.5 Å². The summed E-state index contributed by atoms with van der Waals surface area (Å²) in [7, 11) is -1.29. The van der Waals surface area contributed by atoms with E-state index in [0.29, 0.717) is 23.4 Å². The van der Waals surface area contributed by atoms with Gasteiger partial charge in [-0.25, -0.2) is 8.42 Å². The zero-order valence-electron chi connectivity index (χ0n) is 17.5. The van der Waals surface area contributed by atoms with Crippen LogP contribution in [0.2, 0.25) is 0 Å². The summed E-state index contributed by atoms with van der Waals surface area (Å²) in [5, 5.41) is 6.33. The third kappa shape index (κ3) is 6.49. The molecular formula is C19H30F3N5O2S. The first-order chi connectivity index (χ1) is 14.0. The molecule has 0 aromatic heterocycles. The number of halogens is 3. The molecule has 0 radical (unpaired) electrons. The summed E-state index contributed by atoms with van der Waals surface area (Å²) in [5.74, 6) is 0.583. The normalized spacial score (nSPS) is 17.1. The van der Waals surface area contributed by atoms with Gasteiger partial charge >= 0.3 is 15.5 Å². The van der Waals surface area contributed by atoms with Gasteiger partial charge < -0.3 is 15.5 Å². The first kappa shape index (κ1) is 24.3. The van der Waals surface area contributed by atoms with E-state index in [1.807, 2.05) is 38.1 Å². The second-order valence-electron chi connectivity index (χ2n) is 7.34. The third-order valence-corrected chi connectivity index (χ3v) is 6.52. The van der Waals surface area contributed by atoms with Gasteiger partial charge in [0.15, 0.2) is 5.96 Å². The van der Waals surface area contributed by atoms with Crippen LogP contribution in [-0.2, 0) is 16.4 Å². The molecule has 0 amide bonds. The Bertz CT molecular complexity index is 802. The van der Waals surface area contributed by atoms with Crippen LogP contribution in [0.5, 0.6) is 0 Å². The topological polar surface area (TPSA) is 77.0 Å². The summed E-state index contributed by atoms with van der Waals surface area (Å²) < 4.78 is 61.6. The summed E-state index contributed by atoms with van der Waals surface area (Å²) in [5.41, 5.74) is -2.98. The van der Waals surface area contributed by atoms with E-state index in [0.717, 1.165) is 17.7 Å². The van der Waals surface area contributed by atoms with E-state index >= 15 is 0 Å². The predicted octanol–water partition coefficient (Wildman–Crippen LogP) is 2.16. The van der Waals surface area contributed by atoms with Crippen LogP contribution in [0.1, 0.15) is 25.3 Å². The van der Waals surface area contributed by atoms with E-state index in [9.17, 15) is 21.6 Å². The molecule has 0 aliphatic carbocycles. The summed E-state index contributed by atoms with van der Waals surface area (Å²) >= 11 is 0. The maximum atomic E-state index is 12.7. The molecule has 2 rings (SSSR count). The molecule has 11 heteroatoms. The number of piperidine rings is 1. The standard InChI is InChI=1S/C19H30F3N5O2S/c1-4-23-18(24-12-9-15-5-7-17(8-6-15)26(2)3)25-16-10-13-27(14-11-16)30(28,29)19(20,21)22/h5-8,16H,4,9-14H2,1-3H3,(H2,23,24,25). The van der Waals surface area contributed by atoms with Crippen molar-refractivity contribution in [3.05, 3.63) is 29.8 Å². The van der Waals surface area contributed by atoms with Gasteiger partial charge in [0.2, 0.25) is 0 Å². The zero-order chi connectivity index (χ0) is 22.4. The van der Waals surface area contributed by atoms with Crippen molar-refractivity contribution in [2.45, 2.75) is 37.7 Å². The Labute approximate surface area is 176 Å². The molecule has 170 valence electrons. The predicted molar refractivity (Wildman–Crippen MR) is 113 cm³/mol. The Hall–Kier alpha value is -2.01. The number of benzene rings is 1. The molecule has 2 N–H and O–H groups in total. The van der Waals surface area contributed by atoms with Gasteiger partial charge in [-0.05, 0) is 43.9 Å². The Morgan fingerprint density at radius 1 is 1.20 bits per heavy atom. The number of alkyl halides is 3. The van der Waals surface area contributed by atoms with Crippen molar-refractivity contribution in [3.63, 3.8) is 0 Å². The summed E-state index contributed by atoms with van der Waals surface area (Å²) in [6, 6.07) is 8.07. The fraction of sp³-hybridized carbons (Fsp3) is 0.632. The quantitative estimate of drug-likeness (QED) is 0.493. The van der Waals surface area contributed by atoms with Crippen LogP contribution < -0.4 is 15.5 Å². The molecular weight excluding hydrogens is 419 g/mol. The van der Waals surface area contributed by atoms with Crippen LogP contribution in [-0.4, -0.2) is 70.5 Å². The van der Waals surface area contributed by atoms with Crippen molar-refractivity contribution < 1.29 is 21.6 Å². The maximum Gasteiger partial charge on any atom is 0.511 e. The highest BCUT2D eigenvalue weighted by Crippen LogP contribution is 2.28. The van der Waals surface area contributed by atoms with Crippen LogP contribution in [0.15, 0.2) is 29.3 Å². The Morgan fingerprint density at radius 2 is 1.80 bits per heavy atom. The van der Waals surface area contributed by atoms with Crippen molar-refractivity contribution in [3.8, 4) is 0 Å². The molecule has 0 spiro atoms. The highest BCUT2D eigenvalue weighted by molar-refractivity contribution is 7.90. The molecule has 0 unspecified atom stereocenters. The van der Waals surface area contributed by atoms with Crippen LogP contribution in [0, 0.1) is 0 Å². The second-order valence-corrected chi connectivity index (χ2v) is 9.27. The lowest BCUT2D eigenvalue weighted by Gasteiger charge is -2.32. The molecule has 1 aliphatic rings. The SMILES string of the molecule is CCNC(=NCCc1ccc(N(C)C)cc1)NC1CCN(S(=O)(=O)C(F)(F)F)CC1. The molecule has 1 heterocycles. The monoisotopic (exact) mass is 449 g/mol. The van der Waals surface area contributed by atoms with Crippen molar-refractivity contribution in [2.75, 3.05) is 45.2 Å². The number of guanidine groups is 1. The molecule has 1 fully saturated rings. The lowest BCUT2D eigenvalue weighted by Crippen LogP contribution is -2.51. The molecule has 0 bridgehead atoms. The largest absolute Gasteiger partial charge is 0.511 e. The molecule has 30 heavy (non-hydrogen) atoms. The summed E-state index contributed by atoms with van der Waals surface area (Å²) in [4.78, 5) is 6.57. The lowest BCUT2D eigenvalue weighted by atomic mass is 10.1. The second kappa shape index (κ2) is 10.3. The van der Waals surface area contributed by atoms with Crippen molar-refractivity contribution in [1.29, 1.82) is 0 Å². The minimum atomic E-state index is -5.26. The van der Waals surface area contributed by atoms with Crippen molar-refractivity contribution in [2.24, 2.45) is 4.99 Å². The Balaban J connectivity index is 1.88. The first-order valence-corrected chi connectivity index (χ1v) is 11.4. The molecule has 1 aromatic carbocycles. The van der Waals surface area contributed by atoms with Crippen molar-refractivity contribution in [1.82, 2.24) is 14.9 Å². The molecule has 1 saturated heterocycles. The number of sulfonamides is 1. The number of anilines is 1. The third-order valence-electron chi connectivity index (χ3n) is 4.89. The Kier molecular flexibility index (Phi) is 8.36. The highest BCUT2D eigenvalue weighted by Gasteiger charge is 2.50. The first-order valence-electron chi connectivity index (χ1n) is 9.92.